The predicted molar refractivity (Wildman–Crippen MR) is 74.9 cm³/mol. The number of rotatable bonds is 1. The van der Waals surface area contributed by atoms with Gasteiger partial charge in [-0.15, -0.1) is 0 Å². The Labute approximate surface area is 109 Å². The second kappa shape index (κ2) is 4.39. The van der Waals surface area contributed by atoms with E-state index in [4.69, 9.17) is 0 Å². The molecule has 98 valence electrons. The monoisotopic (exact) mass is 246 g/mol. The fourth-order valence-electron chi connectivity index (χ4n) is 2.73. The fourth-order valence-corrected chi connectivity index (χ4v) is 2.73. The number of hydrogen-bond donors (Lipinski definition) is 1. The second-order valence-electron chi connectivity index (χ2n) is 5.88. The van der Waals surface area contributed by atoms with Crippen molar-refractivity contribution in [2.45, 2.75) is 46.2 Å². The standard InChI is InChI=1S/C15H22N2O/c1-10-6-7-13(11(2)8-10)17-9-12(3)16-15(4,5)14(17)18/h6-8,12,16H,9H2,1-5H3. The van der Waals surface area contributed by atoms with Gasteiger partial charge in [-0.1, -0.05) is 17.7 Å². The molecule has 1 amide bonds. The average Bonchev–Trinajstić information content (AvgIpc) is 2.23. The molecule has 0 aliphatic carbocycles. The number of nitrogens with zero attached hydrogens (tertiary/aromatic N) is 1. The van der Waals surface area contributed by atoms with Crippen LogP contribution in [0.1, 0.15) is 31.9 Å². The van der Waals surface area contributed by atoms with Crippen molar-refractivity contribution in [3.8, 4) is 0 Å². The predicted octanol–water partition coefficient (Wildman–Crippen LogP) is 2.41. The van der Waals surface area contributed by atoms with Gasteiger partial charge < -0.3 is 4.90 Å². The third-order valence-electron chi connectivity index (χ3n) is 3.49. The van der Waals surface area contributed by atoms with Crippen LogP contribution >= 0.6 is 0 Å². The number of aryl methyl sites for hydroxylation is 2. The lowest BCUT2D eigenvalue weighted by atomic mass is 9.96. The summed E-state index contributed by atoms with van der Waals surface area (Å²) >= 11 is 0. The molecule has 1 heterocycles. The Kier molecular flexibility index (Phi) is 3.20. The number of amides is 1. The van der Waals surface area contributed by atoms with Gasteiger partial charge >= 0.3 is 0 Å². The van der Waals surface area contributed by atoms with E-state index < -0.39 is 5.54 Å². The van der Waals surface area contributed by atoms with Gasteiger partial charge in [0.25, 0.3) is 0 Å². The molecule has 1 aromatic rings. The lowest BCUT2D eigenvalue weighted by Crippen LogP contribution is -2.65. The van der Waals surface area contributed by atoms with Crippen molar-refractivity contribution in [1.29, 1.82) is 0 Å². The van der Waals surface area contributed by atoms with Crippen molar-refractivity contribution in [2.75, 3.05) is 11.4 Å². The third-order valence-corrected chi connectivity index (χ3v) is 3.49. The first-order chi connectivity index (χ1) is 8.31. The molecule has 1 unspecified atom stereocenters. The van der Waals surface area contributed by atoms with Gasteiger partial charge in [0, 0.05) is 18.3 Å². The number of carbonyl (C=O) groups excluding carboxylic acids is 1. The molecule has 1 aliphatic rings. The lowest BCUT2D eigenvalue weighted by Gasteiger charge is -2.42. The van der Waals surface area contributed by atoms with Gasteiger partial charge in [0.1, 0.15) is 0 Å². The summed E-state index contributed by atoms with van der Waals surface area (Å²) in [6.07, 6.45) is 0. The van der Waals surface area contributed by atoms with Crippen molar-refractivity contribution >= 4 is 11.6 Å². The average molecular weight is 246 g/mol. The Morgan fingerprint density at radius 2 is 2.00 bits per heavy atom. The van der Waals surface area contributed by atoms with Crippen LogP contribution in [0, 0.1) is 13.8 Å². The highest BCUT2D eigenvalue weighted by Gasteiger charge is 2.39. The summed E-state index contributed by atoms with van der Waals surface area (Å²) < 4.78 is 0. The zero-order valence-corrected chi connectivity index (χ0v) is 11.9. The molecule has 0 radical (unpaired) electrons. The second-order valence-corrected chi connectivity index (χ2v) is 5.88. The summed E-state index contributed by atoms with van der Waals surface area (Å²) in [4.78, 5) is 14.4. The molecule has 1 saturated heterocycles. The van der Waals surface area contributed by atoms with Crippen LogP contribution in [-0.2, 0) is 4.79 Å². The maximum atomic E-state index is 12.5. The van der Waals surface area contributed by atoms with Crippen molar-refractivity contribution < 1.29 is 4.79 Å². The van der Waals surface area contributed by atoms with Crippen molar-refractivity contribution in [3.63, 3.8) is 0 Å². The van der Waals surface area contributed by atoms with E-state index in [-0.39, 0.29) is 5.91 Å². The summed E-state index contributed by atoms with van der Waals surface area (Å²) in [5, 5.41) is 3.34. The summed E-state index contributed by atoms with van der Waals surface area (Å²) in [6, 6.07) is 6.55. The van der Waals surface area contributed by atoms with Crippen LogP contribution in [0.5, 0.6) is 0 Å². The van der Waals surface area contributed by atoms with Gasteiger partial charge in [-0.25, -0.2) is 0 Å². The molecule has 0 aromatic heterocycles. The van der Waals surface area contributed by atoms with Crippen LogP contribution in [-0.4, -0.2) is 24.0 Å². The number of carbonyl (C=O) groups is 1. The van der Waals surface area contributed by atoms with Crippen molar-refractivity contribution in [2.24, 2.45) is 0 Å². The summed E-state index contributed by atoms with van der Waals surface area (Å²) in [6.45, 7) is 10.9. The number of piperazine rings is 1. The quantitative estimate of drug-likeness (QED) is 0.825. The zero-order chi connectivity index (χ0) is 13.5. The van der Waals surface area contributed by atoms with Gasteiger partial charge in [-0.05, 0) is 46.2 Å². The minimum absolute atomic E-state index is 0.146. The molecule has 3 nitrogen and oxygen atoms in total. The fraction of sp³-hybridized carbons (Fsp3) is 0.533. The molecule has 1 aromatic carbocycles. The van der Waals surface area contributed by atoms with Crippen LogP contribution in [0.25, 0.3) is 0 Å². The van der Waals surface area contributed by atoms with Gasteiger partial charge in [0.2, 0.25) is 5.91 Å². The molecule has 3 heteroatoms. The summed E-state index contributed by atoms with van der Waals surface area (Å²) in [5.74, 6) is 0.146. The Bertz CT molecular complexity index is 479. The van der Waals surface area contributed by atoms with Crippen LogP contribution < -0.4 is 10.2 Å². The van der Waals surface area contributed by atoms with Gasteiger partial charge in [-0.3, -0.25) is 10.1 Å². The normalized spacial score (nSPS) is 23.3. The van der Waals surface area contributed by atoms with Crippen LogP contribution in [0.15, 0.2) is 18.2 Å². The first-order valence-electron chi connectivity index (χ1n) is 6.48. The van der Waals surface area contributed by atoms with Gasteiger partial charge in [0.15, 0.2) is 0 Å². The molecule has 0 bridgehead atoms. The van der Waals surface area contributed by atoms with Gasteiger partial charge in [-0.2, -0.15) is 0 Å². The Morgan fingerprint density at radius 3 is 2.61 bits per heavy atom. The number of anilines is 1. The molecule has 1 N–H and O–H groups in total. The number of hydrogen-bond acceptors (Lipinski definition) is 2. The van der Waals surface area contributed by atoms with E-state index in [0.717, 1.165) is 17.8 Å². The summed E-state index contributed by atoms with van der Waals surface area (Å²) in [7, 11) is 0. The molecular formula is C15H22N2O. The SMILES string of the molecule is Cc1ccc(N2CC(C)NC(C)(C)C2=O)c(C)c1. The topological polar surface area (TPSA) is 32.3 Å². The van der Waals surface area contributed by atoms with Crippen LogP contribution in [0.3, 0.4) is 0 Å². The highest BCUT2D eigenvalue weighted by atomic mass is 16.2. The molecule has 2 rings (SSSR count). The van der Waals surface area contributed by atoms with Crippen LogP contribution in [0.2, 0.25) is 0 Å². The maximum Gasteiger partial charge on any atom is 0.246 e. The maximum absolute atomic E-state index is 12.5. The van der Waals surface area contributed by atoms with E-state index in [2.05, 4.69) is 44.3 Å². The van der Waals surface area contributed by atoms with E-state index in [1.54, 1.807) is 0 Å². The summed E-state index contributed by atoms with van der Waals surface area (Å²) in [5.41, 5.74) is 2.93. The first kappa shape index (κ1) is 13.1. The largest absolute Gasteiger partial charge is 0.309 e. The highest BCUT2D eigenvalue weighted by Crippen LogP contribution is 2.26. The Balaban J connectivity index is 2.40. The molecular weight excluding hydrogens is 224 g/mol. The Morgan fingerprint density at radius 1 is 1.33 bits per heavy atom. The minimum atomic E-state index is -0.491. The molecule has 1 fully saturated rings. The van der Waals surface area contributed by atoms with Crippen molar-refractivity contribution in [3.05, 3.63) is 29.3 Å². The van der Waals surface area contributed by atoms with E-state index in [1.807, 2.05) is 18.7 Å². The molecule has 1 aliphatic heterocycles. The Hall–Kier alpha value is -1.35. The lowest BCUT2D eigenvalue weighted by molar-refractivity contribution is -0.125. The molecule has 18 heavy (non-hydrogen) atoms. The molecule has 0 saturated carbocycles. The van der Waals surface area contributed by atoms with Crippen molar-refractivity contribution in [1.82, 2.24) is 5.32 Å². The minimum Gasteiger partial charge on any atom is -0.309 e. The van der Waals surface area contributed by atoms with E-state index in [9.17, 15) is 4.79 Å². The molecule has 0 spiro atoms. The van der Waals surface area contributed by atoms with Gasteiger partial charge in [0.05, 0.1) is 5.54 Å². The van der Waals surface area contributed by atoms with E-state index in [1.165, 1.54) is 5.56 Å². The third kappa shape index (κ3) is 2.27. The smallest absolute Gasteiger partial charge is 0.246 e. The molecule has 1 atom stereocenters. The first-order valence-corrected chi connectivity index (χ1v) is 6.48. The zero-order valence-electron chi connectivity index (χ0n) is 11.9. The number of nitrogens with one attached hydrogen (secondary N) is 1. The van der Waals surface area contributed by atoms with E-state index in [0.29, 0.717) is 6.04 Å². The van der Waals surface area contributed by atoms with Crippen LogP contribution in [0.4, 0.5) is 5.69 Å². The number of benzene rings is 1. The highest BCUT2D eigenvalue weighted by molar-refractivity contribution is 6.01. The van der Waals surface area contributed by atoms with E-state index >= 15 is 0 Å².